The second-order valence-electron chi connectivity index (χ2n) is 10.6. The molecule has 2 aliphatic rings. The standard InChI is InChI=1S/C30H45N3O5/c1-7-11-20-12-17-23-26(25(20)30(37)38-10-4)29(36)33(24(18-34)19(5)6)27(23)28(35)31-21-13-15-22(16-14-21)32(8-2)9-3/h12-17,19-20,23-27,34H,7-11,18H2,1-6H3,(H,31,35)/t20-,23+,24+,25-,26-,27+/m1/s1. The third kappa shape index (κ3) is 5.90. The van der Waals surface area contributed by atoms with Crippen LogP contribution in [0.5, 0.6) is 0 Å². The lowest BCUT2D eigenvalue weighted by atomic mass is 9.69. The minimum atomic E-state index is -0.842. The molecule has 1 aromatic carbocycles. The molecule has 1 saturated heterocycles. The number of carbonyl (C=O) groups is 3. The predicted molar refractivity (Wildman–Crippen MR) is 150 cm³/mol. The van der Waals surface area contributed by atoms with Crippen molar-refractivity contribution in [2.75, 3.05) is 36.5 Å². The molecular formula is C30H45N3O5. The number of nitrogens with one attached hydrogen (secondary N) is 1. The van der Waals surface area contributed by atoms with Gasteiger partial charge >= 0.3 is 5.97 Å². The quantitative estimate of drug-likeness (QED) is 0.314. The van der Waals surface area contributed by atoms with Crippen LogP contribution >= 0.6 is 0 Å². The fourth-order valence-electron chi connectivity index (χ4n) is 6.15. The summed E-state index contributed by atoms with van der Waals surface area (Å²) >= 11 is 0. The van der Waals surface area contributed by atoms with Crippen molar-refractivity contribution in [3.8, 4) is 0 Å². The Morgan fingerprint density at radius 2 is 1.74 bits per heavy atom. The lowest BCUT2D eigenvalue weighted by molar-refractivity contribution is -0.156. The lowest BCUT2D eigenvalue weighted by Crippen LogP contribution is -2.52. The van der Waals surface area contributed by atoms with Gasteiger partial charge in [-0.05, 0) is 63.3 Å². The summed E-state index contributed by atoms with van der Waals surface area (Å²) in [5.41, 5.74) is 1.71. The number of rotatable bonds is 12. The number of likely N-dealkylation sites (tertiary alicyclic amines) is 1. The molecule has 0 saturated carbocycles. The van der Waals surface area contributed by atoms with E-state index in [-0.39, 0.29) is 36.9 Å². The zero-order valence-electron chi connectivity index (χ0n) is 23.7. The number of nitrogens with zero attached hydrogens (tertiary/aromatic N) is 2. The number of hydrogen-bond donors (Lipinski definition) is 2. The van der Waals surface area contributed by atoms with Crippen LogP contribution in [0, 0.1) is 29.6 Å². The first-order valence-electron chi connectivity index (χ1n) is 14.2. The van der Waals surface area contributed by atoms with Crippen LogP contribution in [0.3, 0.4) is 0 Å². The summed E-state index contributed by atoms with van der Waals surface area (Å²) in [6.45, 7) is 13.6. The van der Waals surface area contributed by atoms with Crippen molar-refractivity contribution in [1.82, 2.24) is 4.90 Å². The molecule has 3 rings (SSSR count). The molecule has 1 aliphatic carbocycles. The van der Waals surface area contributed by atoms with Gasteiger partial charge in [-0.3, -0.25) is 14.4 Å². The summed E-state index contributed by atoms with van der Waals surface area (Å²) in [7, 11) is 0. The highest BCUT2D eigenvalue weighted by molar-refractivity contribution is 6.01. The SMILES string of the molecule is CCC[C@@H]1C=C[C@H]2[C@@H](C(=O)N([C@@H](CO)C(C)C)[C@@H]2C(=O)Nc2ccc(N(CC)CC)cc2)[C@@H]1C(=O)OCC. The third-order valence-electron chi connectivity index (χ3n) is 8.07. The van der Waals surface area contributed by atoms with Crippen LogP contribution < -0.4 is 10.2 Å². The molecule has 0 unspecified atom stereocenters. The molecular weight excluding hydrogens is 482 g/mol. The monoisotopic (exact) mass is 527 g/mol. The Hall–Kier alpha value is -2.87. The molecule has 2 amide bonds. The molecule has 0 aromatic heterocycles. The van der Waals surface area contributed by atoms with E-state index in [2.05, 4.69) is 24.1 Å². The summed E-state index contributed by atoms with van der Waals surface area (Å²) in [4.78, 5) is 44.9. The smallest absolute Gasteiger partial charge is 0.310 e. The zero-order chi connectivity index (χ0) is 28.0. The van der Waals surface area contributed by atoms with Gasteiger partial charge in [0, 0.05) is 30.4 Å². The fourth-order valence-corrected chi connectivity index (χ4v) is 6.15. The van der Waals surface area contributed by atoms with Gasteiger partial charge in [-0.25, -0.2) is 0 Å². The van der Waals surface area contributed by atoms with Gasteiger partial charge in [-0.15, -0.1) is 0 Å². The van der Waals surface area contributed by atoms with E-state index in [9.17, 15) is 19.5 Å². The van der Waals surface area contributed by atoms with E-state index in [1.54, 1.807) is 11.8 Å². The second-order valence-corrected chi connectivity index (χ2v) is 10.6. The molecule has 2 N–H and O–H groups in total. The Balaban J connectivity index is 1.99. The van der Waals surface area contributed by atoms with E-state index in [0.29, 0.717) is 5.69 Å². The van der Waals surface area contributed by atoms with Crippen molar-refractivity contribution in [3.05, 3.63) is 36.4 Å². The maximum atomic E-state index is 14.1. The third-order valence-corrected chi connectivity index (χ3v) is 8.07. The number of allylic oxidation sites excluding steroid dienone is 1. The first kappa shape index (κ1) is 29.7. The van der Waals surface area contributed by atoms with Crippen molar-refractivity contribution in [2.24, 2.45) is 29.6 Å². The molecule has 210 valence electrons. The van der Waals surface area contributed by atoms with Crippen LogP contribution in [-0.4, -0.2) is 66.2 Å². The van der Waals surface area contributed by atoms with Crippen LogP contribution in [0.1, 0.15) is 54.4 Å². The van der Waals surface area contributed by atoms with Gasteiger partial charge in [0.15, 0.2) is 0 Å². The number of esters is 1. The first-order chi connectivity index (χ1) is 18.2. The average molecular weight is 528 g/mol. The summed E-state index contributed by atoms with van der Waals surface area (Å²) in [6.07, 6.45) is 5.55. The molecule has 0 radical (unpaired) electrons. The molecule has 1 aromatic rings. The maximum absolute atomic E-state index is 14.1. The summed E-state index contributed by atoms with van der Waals surface area (Å²) in [6, 6.07) is 6.29. The van der Waals surface area contributed by atoms with Gasteiger partial charge in [-0.2, -0.15) is 0 Å². The van der Waals surface area contributed by atoms with Crippen molar-refractivity contribution >= 4 is 29.2 Å². The number of fused-ring (bicyclic) bond motifs is 1. The molecule has 6 atom stereocenters. The van der Waals surface area contributed by atoms with Crippen molar-refractivity contribution < 1.29 is 24.2 Å². The Labute approximate surface area is 227 Å². The molecule has 0 bridgehead atoms. The van der Waals surface area contributed by atoms with Crippen LogP contribution in [0.4, 0.5) is 11.4 Å². The normalized spacial score (nSPS) is 25.3. The molecule has 8 nitrogen and oxygen atoms in total. The number of benzene rings is 1. The van der Waals surface area contributed by atoms with Gasteiger partial charge in [0.2, 0.25) is 11.8 Å². The van der Waals surface area contributed by atoms with Gasteiger partial charge in [0.05, 0.1) is 31.1 Å². The first-order valence-corrected chi connectivity index (χ1v) is 14.2. The molecule has 8 heteroatoms. The van der Waals surface area contributed by atoms with Gasteiger partial charge in [0.25, 0.3) is 0 Å². The van der Waals surface area contributed by atoms with Crippen molar-refractivity contribution in [2.45, 2.75) is 66.5 Å². The van der Waals surface area contributed by atoms with Crippen LogP contribution in [0.2, 0.25) is 0 Å². The number of aliphatic hydroxyl groups is 1. The van der Waals surface area contributed by atoms with E-state index < -0.39 is 35.8 Å². The summed E-state index contributed by atoms with van der Waals surface area (Å²) in [5.74, 6) is -3.03. The number of amides is 2. The van der Waals surface area contributed by atoms with E-state index >= 15 is 0 Å². The van der Waals surface area contributed by atoms with Gasteiger partial charge in [-0.1, -0.05) is 39.3 Å². The second kappa shape index (κ2) is 13.3. The lowest BCUT2D eigenvalue weighted by Gasteiger charge is -2.35. The van der Waals surface area contributed by atoms with Crippen molar-refractivity contribution in [1.29, 1.82) is 0 Å². The van der Waals surface area contributed by atoms with Gasteiger partial charge < -0.3 is 25.0 Å². The minimum Gasteiger partial charge on any atom is -0.466 e. The van der Waals surface area contributed by atoms with E-state index in [0.717, 1.165) is 31.6 Å². The average Bonchev–Trinajstić information content (AvgIpc) is 3.18. The summed E-state index contributed by atoms with van der Waals surface area (Å²) in [5, 5.41) is 13.3. The Bertz CT molecular complexity index is 988. The zero-order valence-corrected chi connectivity index (χ0v) is 23.7. The molecule has 38 heavy (non-hydrogen) atoms. The minimum absolute atomic E-state index is 0.0794. The Morgan fingerprint density at radius 1 is 1.08 bits per heavy atom. The number of carbonyl (C=O) groups excluding carboxylic acids is 3. The van der Waals surface area contributed by atoms with Crippen molar-refractivity contribution in [3.63, 3.8) is 0 Å². The van der Waals surface area contributed by atoms with Crippen LogP contribution in [0.15, 0.2) is 36.4 Å². The van der Waals surface area contributed by atoms with E-state index in [4.69, 9.17) is 4.74 Å². The van der Waals surface area contributed by atoms with Crippen LogP contribution in [0.25, 0.3) is 0 Å². The number of anilines is 2. The number of aliphatic hydroxyl groups excluding tert-OH is 1. The highest BCUT2D eigenvalue weighted by atomic mass is 16.5. The highest BCUT2D eigenvalue weighted by Crippen LogP contribution is 2.47. The Kier molecular flexibility index (Phi) is 10.4. The van der Waals surface area contributed by atoms with E-state index in [1.807, 2.05) is 57.2 Å². The predicted octanol–water partition coefficient (Wildman–Crippen LogP) is 4.10. The largest absolute Gasteiger partial charge is 0.466 e. The molecule has 0 spiro atoms. The topological polar surface area (TPSA) is 99.2 Å². The number of ether oxygens (including phenoxy) is 1. The highest BCUT2D eigenvalue weighted by Gasteiger charge is 2.59. The number of hydrogen-bond acceptors (Lipinski definition) is 6. The fraction of sp³-hybridized carbons (Fsp3) is 0.633. The Morgan fingerprint density at radius 3 is 2.26 bits per heavy atom. The van der Waals surface area contributed by atoms with E-state index in [1.165, 1.54) is 0 Å². The molecule has 1 heterocycles. The van der Waals surface area contributed by atoms with Crippen LogP contribution in [-0.2, 0) is 19.1 Å². The molecule has 1 aliphatic heterocycles. The van der Waals surface area contributed by atoms with Gasteiger partial charge in [0.1, 0.15) is 6.04 Å². The maximum Gasteiger partial charge on any atom is 0.310 e. The summed E-state index contributed by atoms with van der Waals surface area (Å²) < 4.78 is 5.43. The molecule has 1 fully saturated rings.